The summed E-state index contributed by atoms with van der Waals surface area (Å²) < 4.78 is 0. The third-order valence-corrected chi connectivity index (χ3v) is 2.85. The average Bonchev–Trinajstić information content (AvgIpc) is 2.71. The van der Waals surface area contributed by atoms with Crippen LogP contribution in [0.3, 0.4) is 0 Å². The SMILES string of the molecule is O=C(Cl)c1cccc(-c2ccsc2)c1. The maximum atomic E-state index is 10.9. The first-order chi connectivity index (χ1) is 6.77. The van der Waals surface area contributed by atoms with Crippen molar-refractivity contribution in [2.75, 3.05) is 0 Å². The normalized spacial score (nSPS) is 10.1. The lowest BCUT2D eigenvalue weighted by Gasteiger charge is -1.99. The van der Waals surface area contributed by atoms with Crippen LogP contribution in [0.5, 0.6) is 0 Å². The van der Waals surface area contributed by atoms with Gasteiger partial charge in [-0.15, -0.1) is 0 Å². The van der Waals surface area contributed by atoms with E-state index < -0.39 is 5.24 Å². The zero-order valence-corrected chi connectivity index (χ0v) is 8.81. The first-order valence-corrected chi connectivity index (χ1v) is 5.42. The molecular formula is C11H7ClOS. The molecule has 1 aromatic heterocycles. The summed E-state index contributed by atoms with van der Waals surface area (Å²) in [5.41, 5.74) is 2.68. The standard InChI is InChI=1S/C11H7ClOS/c12-11(13)9-3-1-2-8(6-9)10-4-5-14-7-10/h1-7H. The average molecular weight is 223 g/mol. The molecule has 0 aliphatic rings. The van der Waals surface area contributed by atoms with Crippen LogP contribution in [0.25, 0.3) is 11.1 Å². The lowest BCUT2D eigenvalue weighted by Crippen LogP contribution is -1.87. The summed E-state index contributed by atoms with van der Waals surface area (Å²) in [5, 5.41) is 3.63. The highest BCUT2D eigenvalue weighted by Crippen LogP contribution is 2.23. The Morgan fingerprint density at radius 1 is 1.21 bits per heavy atom. The highest BCUT2D eigenvalue weighted by molar-refractivity contribution is 7.08. The minimum absolute atomic E-state index is 0.415. The van der Waals surface area contributed by atoms with Crippen molar-refractivity contribution >= 4 is 28.2 Å². The van der Waals surface area contributed by atoms with Gasteiger partial charge in [-0.3, -0.25) is 4.79 Å². The molecular weight excluding hydrogens is 216 g/mol. The molecule has 1 aromatic carbocycles. The molecule has 0 aliphatic heterocycles. The Bertz CT molecular complexity index is 448. The van der Waals surface area contributed by atoms with Gasteiger partial charge in [-0.25, -0.2) is 0 Å². The van der Waals surface area contributed by atoms with E-state index in [9.17, 15) is 4.79 Å². The van der Waals surface area contributed by atoms with E-state index in [1.165, 1.54) is 0 Å². The van der Waals surface area contributed by atoms with Crippen LogP contribution in [-0.4, -0.2) is 5.24 Å². The Hall–Kier alpha value is -1.12. The minimum atomic E-state index is -0.415. The maximum absolute atomic E-state index is 10.9. The second-order valence-corrected chi connectivity index (χ2v) is 3.99. The zero-order valence-electron chi connectivity index (χ0n) is 7.24. The summed E-state index contributed by atoms with van der Waals surface area (Å²) in [5.74, 6) is 0. The molecule has 0 aliphatic carbocycles. The van der Waals surface area contributed by atoms with Crippen LogP contribution in [-0.2, 0) is 0 Å². The van der Waals surface area contributed by atoms with Gasteiger partial charge in [-0.05, 0) is 45.6 Å². The molecule has 14 heavy (non-hydrogen) atoms. The van der Waals surface area contributed by atoms with Gasteiger partial charge < -0.3 is 0 Å². The van der Waals surface area contributed by atoms with E-state index in [4.69, 9.17) is 11.6 Å². The number of halogens is 1. The fraction of sp³-hybridized carbons (Fsp3) is 0. The van der Waals surface area contributed by atoms with Crippen molar-refractivity contribution in [3.8, 4) is 11.1 Å². The second-order valence-electron chi connectivity index (χ2n) is 2.87. The van der Waals surface area contributed by atoms with Crippen molar-refractivity contribution in [2.24, 2.45) is 0 Å². The zero-order chi connectivity index (χ0) is 9.97. The lowest BCUT2D eigenvalue weighted by molar-refractivity contribution is 0.108. The van der Waals surface area contributed by atoms with Gasteiger partial charge in [-0.1, -0.05) is 18.2 Å². The molecule has 0 unspecified atom stereocenters. The van der Waals surface area contributed by atoms with Crippen molar-refractivity contribution < 1.29 is 4.79 Å². The van der Waals surface area contributed by atoms with Crippen LogP contribution < -0.4 is 0 Å². The van der Waals surface area contributed by atoms with Gasteiger partial charge in [0.15, 0.2) is 0 Å². The largest absolute Gasteiger partial charge is 0.276 e. The molecule has 0 spiro atoms. The third kappa shape index (κ3) is 1.86. The van der Waals surface area contributed by atoms with E-state index in [-0.39, 0.29) is 0 Å². The number of carbonyl (C=O) groups excluding carboxylic acids is 1. The van der Waals surface area contributed by atoms with Gasteiger partial charge in [0.2, 0.25) is 0 Å². The molecule has 70 valence electrons. The Labute approximate surface area is 91.0 Å². The van der Waals surface area contributed by atoms with Gasteiger partial charge in [0.1, 0.15) is 0 Å². The monoisotopic (exact) mass is 222 g/mol. The molecule has 0 amide bonds. The Balaban J connectivity index is 2.46. The summed E-state index contributed by atoms with van der Waals surface area (Å²) in [6, 6.07) is 9.33. The first-order valence-electron chi connectivity index (χ1n) is 4.10. The molecule has 0 radical (unpaired) electrons. The second kappa shape index (κ2) is 3.95. The number of hydrogen-bond donors (Lipinski definition) is 0. The minimum Gasteiger partial charge on any atom is -0.276 e. The number of rotatable bonds is 2. The third-order valence-electron chi connectivity index (χ3n) is 1.94. The smallest absolute Gasteiger partial charge is 0.252 e. The Kier molecular flexibility index (Phi) is 2.66. The summed E-state index contributed by atoms with van der Waals surface area (Å²) in [6.45, 7) is 0. The van der Waals surface area contributed by atoms with Gasteiger partial charge in [0.25, 0.3) is 5.24 Å². The summed E-state index contributed by atoms with van der Waals surface area (Å²) in [7, 11) is 0. The highest BCUT2D eigenvalue weighted by Gasteiger charge is 2.03. The maximum Gasteiger partial charge on any atom is 0.252 e. The van der Waals surface area contributed by atoms with Gasteiger partial charge in [0, 0.05) is 5.56 Å². The van der Waals surface area contributed by atoms with Crippen LogP contribution in [0.1, 0.15) is 10.4 Å². The van der Waals surface area contributed by atoms with Crippen LogP contribution in [0.15, 0.2) is 41.1 Å². The van der Waals surface area contributed by atoms with Gasteiger partial charge in [-0.2, -0.15) is 11.3 Å². The van der Waals surface area contributed by atoms with Crippen LogP contribution in [0, 0.1) is 0 Å². The van der Waals surface area contributed by atoms with Crippen LogP contribution in [0.4, 0.5) is 0 Å². The van der Waals surface area contributed by atoms with E-state index in [1.807, 2.05) is 29.0 Å². The quantitative estimate of drug-likeness (QED) is 0.707. The van der Waals surface area contributed by atoms with Crippen molar-refractivity contribution in [1.82, 2.24) is 0 Å². The molecule has 1 heterocycles. The van der Waals surface area contributed by atoms with Crippen LogP contribution >= 0.6 is 22.9 Å². The predicted molar refractivity (Wildman–Crippen MR) is 59.9 cm³/mol. The molecule has 0 bridgehead atoms. The molecule has 2 aromatic rings. The van der Waals surface area contributed by atoms with Crippen molar-refractivity contribution in [3.05, 3.63) is 46.7 Å². The number of carbonyl (C=O) groups is 1. The molecule has 0 atom stereocenters. The molecule has 2 rings (SSSR count). The molecule has 0 fully saturated rings. The summed E-state index contributed by atoms with van der Waals surface area (Å²) in [6.07, 6.45) is 0. The van der Waals surface area contributed by atoms with Crippen molar-refractivity contribution in [2.45, 2.75) is 0 Å². The lowest BCUT2D eigenvalue weighted by atomic mass is 10.1. The first kappa shape index (κ1) is 9.44. The van der Waals surface area contributed by atoms with Crippen molar-refractivity contribution in [1.29, 1.82) is 0 Å². The fourth-order valence-corrected chi connectivity index (χ4v) is 2.03. The number of hydrogen-bond acceptors (Lipinski definition) is 2. The molecule has 0 saturated carbocycles. The van der Waals surface area contributed by atoms with E-state index in [1.54, 1.807) is 23.5 Å². The number of benzene rings is 1. The van der Waals surface area contributed by atoms with E-state index in [0.29, 0.717) is 5.56 Å². The molecule has 0 saturated heterocycles. The van der Waals surface area contributed by atoms with Crippen LogP contribution in [0.2, 0.25) is 0 Å². The Morgan fingerprint density at radius 3 is 2.71 bits per heavy atom. The number of thiophene rings is 1. The molecule has 0 N–H and O–H groups in total. The summed E-state index contributed by atoms with van der Waals surface area (Å²) >= 11 is 7.03. The molecule has 1 nitrogen and oxygen atoms in total. The highest BCUT2D eigenvalue weighted by atomic mass is 35.5. The fourth-order valence-electron chi connectivity index (χ4n) is 1.25. The van der Waals surface area contributed by atoms with Crippen molar-refractivity contribution in [3.63, 3.8) is 0 Å². The van der Waals surface area contributed by atoms with Gasteiger partial charge >= 0.3 is 0 Å². The van der Waals surface area contributed by atoms with E-state index >= 15 is 0 Å². The topological polar surface area (TPSA) is 17.1 Å². The van der Waals surface area contributed by atoms with E-state index in [2.05, 4.69) is 0 Å². The van der Waals surface area contributed by atoms with Gasteiger partial charge in [0.05, 0.1) is 0 Å². The predicted octanol–water partition coefficient (Wildman–Crippen LogP) is 3.79. The Morgan fingerprint density at radius 2 is 2.07 bits per heavy atom. The summed E-state index contributed by atoms with van der Waals surface area (Å²) in [4.78, 5) is 10.9. The molecule has 3 heteroatoms. The van der Waals surface area contributed by atoms with E-state index in [0.717, 1.165) is 11.1 Å².